The standard InChI is InChI=1S/C23H27F2N5O3S/c1-4-30-10-9-23(14-30)22(2,28-21(26)29(3)34(23,32)33)17-11-15(5-7-18(17)25)12-20(31)19-8-6-16(24)13-27-19/h5-8,11,13H,4,9-10,12,14H2,1-3H3,(H2,26,28)/t22-,23+/m1/s1. The molecule has 1 spiro atoms. The lowest BCUT2D eigenvalue weighted by Gasteiger charge is -2.48. The zero-order valence-corrected chi connectivity index (χ0v) is 20.1. The topological polar surface area (TPSA) is 109 Å². The van der Waals surface area contributed by atoms with Crippen LogP contribution in [0.1, 0.15) is 41.9 Å². The highest BCUT2D eigenvalue weighted by molar-refractivity contribution is 7.91. The minimum atomic E-state index is -3.99. The van der Waals surface area contributed by atoms with Gasteiger partial charge in [0.05, 0.1) is 6.20 Å². The second-order valence-corrected chi connectivity index (χ2v) is 11.2. The van der Waals surface area contributed by atoms with Gasteiger partial charge in [0, 0.05) is 25.6 Å². The van der Waals surface area contributed by atoms with Crippen LogP contribution in [-0.2, 0) is 22.0 Å². The van der Waals surface area contributed by atoms with Gasteiger partial charge in [0.1, 0.15) is 27.6 Å². The third kappa shape index (κ3) is 3.58. The first-order valence-corrected chi connectivity index (χ1v) is 12.4. The number of hydrogen-bond donors (Lipinski definition) is 1. The molecule has 1 fully saturated rings. The summed E-state index contributed by atoms with van der Waals surface area (Å²) in [6.07, 6.45) is 1.08. The van der Waals surface area contributed by atoms with Crippen LogP contribution in [0.2, 0.25) is 0 Å². The molecule has 1 aromatic carbocycles. The molecule has 1 saturated heterocycles. The molecule has 2 aliphatic heterocycles. The molecule has 0 unspecified atom stereocenters. The van der Waals surface area contributed by atoms with E-state index in [1.54, 1.807) is 6.92 Å². The molecule has 2 atom stereocenters. The number of nitrogens with zero attached hydrogens (tertiary/aromatic N) is 4. The second-order valence-electron chi connectivity index (χ2n) is 8.90. The van der Waals surface area contributed by atoms with Gasteiger partial charge in [-0.15, -0.1) is 0 Å². The molecule has 2 aliphatic rings. The number of carbonyl (C=O) groups is 1. The van der Waals surface area contributed by atoms with Gasteiger partial charge in [-0.3, -0.25) is 9.78 Å². The Morgan fingerprint density at radius 2 is 1.97 bits per heavy atom. The Morgan fingerprint density at radius 1 is 1.24 bits per heavy atom. The number of likely N-dealkylation sites (tertiary alicyclic amines) is 1. The zero-order chi connectivity index (χ0) is 24.9. The number of Topliss-reactive ketones (excluding diaryl/α,β-unsaturated/α-hetero) is 1. The summed E-state index contributed by atoms with van der Waals surface area (Å²) in [4.78, 5) is 23.0. The molecule has 0 amide bonds. The van der Waals surface area contributed by atoms with Crippen LogP contribution < -0.4 is 5.73 Å². The zero-order valence-electron chi connectivity index (χ0n) is 19.3. The lowest BCUT2D eigenvalue weighted by atomic mass is 9.77. The van der Waals surface area contributed by atoms with Crippen molar-refractivity contribution in [1.29, 1.82) is 0 Å². The Balaban J connectivity index is 1.81. The molecule has 34 heavy (non-hydrogen) atoms. The molecule has 4 rings (SSSR count). The van der Waals surface area contributed by atoms with Gasteiger partial charge in [0.15, 0.2) is 5.78 Å². The van der Waals surface area contributed by atoms with E-state index in [9.17, 15) is 17.6 Å². The normalized spacial score (nSPS) is 26.6. The molecule has 3 heterocycles. The second kappa shape index (κ2) is 8.38. The third-order valence-corrected chi connectivity index (χ3v) is 9.72. The number of ketones is 1. The molecule has 0 saturated carbocycles. The fraction of sp³-hybridized carbons (Fsp3) is 0.435. The minimum absolute atomic E-state index is 0.0578. The molecule has 182 valence electrons. The molecule has 0 radical (unpaired) electrons. The van der Waals surface area contributed by atoms with Gasteiger partial charge in [-0.1, -0.05) is 13.0 Å². The summed E-state index contributed by atoms with van der Waals surface area (Å²) in [7, 11) is -2.64. The maximum atomic E-state index is 15.3. The van der Waals surface area contributed by atoms with E-state index in [0.29, 0.717) is 18.7 Å². The Morgan fingerprint density at radius 3 is 2.59 bits per heavy atom. The van der Waals surface area contributed by atoms with E-state index in [0.717, 1.165) is 16.6 Å². The summed E-state index contributed by atoms with van der Waals surface area (Å²) in [5, 5.41) is 0. The third-order valence-electron chi connectivity index (χ3n) is 7.09. The molecule has 1 aromatic heterocycles. The van der Waals surface area contributed by atoms with Crippen LogP contribution in [0, 0.1) is 11.6 Å². The van der Waals surface area contributed by atoms with Gasteiger partial charge in [0.25, 0.3) is 0 Å². The van der Waals surface area contributed by atoms with Crippen molar-refractivity contribution >= 4 is 21.8 Å². The lowest BCUT2D eigenvalue weighted by molar-refractivity contribution is 0.0988. The van der Waals surface area contributed by atoms with Crippen LogP contribution >= 0.6 is 0 Å². The number of nitrogens with two attached hydrogens (primary N) is 1. The number of hydrogen-bond acceptors (Lipinski definition) is 7. The van der Waals surface area contributed by atoms with Crippen molar-refractivity contribution in [2.45, 2.75) is 37.0 Å². The smallest absolute Gasteiger partial charge is 0.247 e. The largest absolute Gasteiger partial charge is 0.369 e. The van der Waals surface area contributed by atoms with E-state index < -0.39 is 31.9 Å². The molecular weight excluding hydrogens is 464 g/mol. The molecule has 2 aromatic rings. The summed E-state index contributed by atoms with van der Waals surface area (Å²) >= 11 is 0. The van der Waals surface area contributed by atoms with Crippen LogP contribution in [0.15, 0.2) is 41.5 Å². The van der Waals surface area contributed by atoms with Crippen molar-refractivity contribution in [1.82, 2.24) is 14.2 Å². The lowest BCUT2D eigenvalue weighted by Crippen LogP contribution is -2.66. The quantitative estimate of drug-likeness (QED) is 0.642. The predicted octanol–water partition coefficient (Wildman–Crippen LogP) is 2.05. The molecule has 0 bridgehead atoms. The van der Waals surface area contributed by atoms with Gasteiger partial charge in [-0.25, -0.2) is 26.5 Å². The number of carbonyl (C=O) groups excluding carboxylic acids is 1. The average molecular weight is 492 g/mol. The summed E-state index contributed by atoms with van der Waals surface area (Å²) in [6.45, 7) is 4.85. The summed E-state index contributed by atoms with van der Waals surface area (Å²) in [6, 6.07) is 6.56. The van der Waals surface area contributed by atoms with E-state index in [1.807, 2.05) is 11.8 Å². The van der Waals surface area contributed by atoms with Gasteiger partial charge in [-0.2, -0.15) is 0 Å². The summed E-state index contributed by atoms with van der Waals surface area (Å²) in [5.74, 6) is -1.80. The number of aliphatic imine (C=N–C) groups is 1. The van der Waals surface area contributed by atoms with Gasteiger partial charge in [0.2, 0.25) is 16.0 Å². The minimum Gasteiger partial charge on any atom is -0.369 e. The number of sulfonamides is 1. The molecule has 11 heteroatoms. The maximum Gasteiger partial charge on any atom is 0.247 e. The van der Waals surface area contributed by atoms with E-state index in [-0.39, 0.29) is 42.4 Å². The van der Waals surface area contributed by atoms with Crippen molar-refractivity contribution < 1.29 is 22.0 Å². The highest BCUT2D eigenvalue weighted by Gasteiger charge is 2.65. The number of guanidine groups is 1. The van der Waals surface area contributed by atoms with E-state index in [2.05, 4.69) is 9.98 Å². The first-order chi connectivity index (χ1) is 15.9. The fourth-order valence-electron chi connectivity index (χ4n) is 4.95. The van der Waals surface area contributed by atoms with Crippen LogP contribution in [-0.4, -0.2) is 65.8 Å². The number of benzene rings is 1. The number of halogens is 2. The summed E-state index contributed by atoms with van der Waals surface area (Å²) < 4.78 is 55.4. The van der Waals surface area contributed by atoms with Crippen LogP contribution in [0.3, 0.4) is 0 Å². The van der Waals surface area contributed by atoms with Crippen molar-refractivity contribution in [3.63, 3.8) is 0 Å². The maximum absolute atomic E-state index is 15.3. The van der Waals surface area contributed by atoms with E-state index in [1.165, 1.54) is 31.3 Å². The van der Waals surface area contributed by atoms with Gasteiger partial charge >= 0.3 is 0 Å². The highest BCUT2D eigenvalue weighted by atomic mass is 32.2. The van der Waals surface area contributed by atoms with Crippen molar-refractivity contribution in [3.8, 4) is 0 Å². The first kappa shape index (κ1) is 24.2. The summed E-state index contributed by atoms with van der Waals surface area (Å²) in [5.41, 5.74) is 5.08. The van der Waals surface area contributed by atoms with Gasteiger partial charge < -0.3 is 10.6 Å². The fourth-order valence-corrected chi connectivity index (χ4v) is 7.12. The number of rotatable bonds is 5. The Hall–Kier alpha value is -2.92. The van der Waals surface area contributed by atoms with Crippen LogP contribution in [0.25, 0.3) is 0 Å². The van der Waals surface area contributed by atoms with Crippen LogP contribution in [0.4, 0.5) is 8.78 Å². The average Bonchev–Trinajstić information content (AvgIpc) is 3.26. The Bertz CT molecular complexity index is 1270. The van der Waals surface area contributed by atoms with Crippen molar-refractivity contribution in [2.24, 2.45) is 10.7 Å². The van der Waals surface area contributed by atoms with Crippen molar-refractivity contribution in [2.75, 3.05) is 26.7 Å². The SMILES string of the molecule is CCN1CC[C@]2(C1)[C@@](C)(c1cc(CC(=O)c3ccc(F)cn3)ccc1F)N=C(N)N(C)S2(=O)=O. The molecule has 8 nitrogen and oxygen atoms in total. The molecular formula is C23H27F2N5O3S. The highest BCUT2D eigenvalue weighted by Crippen LogP contribution is 2.51. The van der Waals surface area contributed by atoms with Crippen LogP contribution in [0.5, 0.6) is 0 Å². The Labute approximate surface area is 197 Å². The number of aromatic nitrogens is 1. The predicted molar refractivity (Wildman–Crippen MR) is 124 cm³/mol. The monoisotopic (exact) mass is 491 g/mol. The first-order valence-electron chi connectivity index (χ1n) is 10.9. The van der Waals surface area contributed by atoms with Crippen molar-refractivity contribution in [3.05, 3.63) is 65.0 Å². The number of pyridine rings is 1. The Kier molecular flexibility index (Phi) is 5.97. The van der Waals surface area contributed by atoms with Gasteiger partial charge in [-0.05, 0) is 56.3 Å². The molecule has 2 N–H and O–H groups in total. The molecule has 0 aliphatic carbocycles. The van der Waals surface area contributed by atoms with E-state index >= 15 is 4.39 Å². The van der Waals surface area contributed by atoms with E-state index in [4.69, 9.17) is 5.73 Å².